The number of nitrogens with one attached hydrogen (secondary N) is 1. The summed E-state index contributed by atoms with van der Waals surface area (Å²) in [6.45, 7) is 6.21. The van der Waals surface area contributed by atoms with E-state index in [0.717, 1.165) is 18.2 Å². The van der Waals surface area contributed by atoms with Crippen molar-refractivity contribution in [1.29, 1.82) is 0 Å². The summed E-state index contributed by atoms with van der Waals surface area (Å²) >= 11 is 1.04. The molecule has 0 spiro atoms. The standard InChI is InChI=1S/C12H21NO4S/c1-4-9(3)12(16)13-6-7-18-11(15)8-10(14)17-5-2/h9H,4-8H2,1-3H3,(H,13,16). The van der Waals surface area contributed by atoms with Gasteiger partial charge >= 0.3 is 5.97 Å². The van der Waals surface area contributed by atoms with Crippen LogP contribution in [0.15, 0.2) is 0 Å². The van der Waals surface area contributed by atoms with Crippen LogP contribution in [0.5, 0.6) is 0 Å². The predicted molar refractivity (Wildman–Crippen MR) is 71.2 cm³/mol. The Morgan fingerprint density at radius 2 is 1.94 bits per heavy atom. The van der Waals surface area contributed by atoms with E-state index in [2.05, 4.69) is 10.1 Å². The molecule has 6 heteroatoms. The summed E-state index contributed by atoms with van der Waals surface area (Å²) in [7, 11) is 0. The van der Waals surface area contributed by atoms with E-state index >= 15 is 0 Å². The van der Waals surface area contributed by atoms with Gasteiger partial charge in [-0.1, -0.05) is 25.6 Å². The highest BCUT2D eigenvalue weighted by molar-refractivity contribution is 8.13. The molecule has 0 rings (SSSR count). The van der Waals surface area contributed by atoms with Gasteiger partial charge in [0.25, 0.3) is 0 Å². The second-order valence-corrected chi connectivity index (χ2v) is 4.95. The number of rotatable bonds is 8. The number of carbonyl (C=O) groups excluding carboxylic acids is 3. The molecule has 0 aliphatic carbocycles. The van der Waals surface area contributed by atoms with E-state index in [1.165, 1.54) is 0 Å². The fraction of sp³-hybridized carbons (Fsp3) is 0.750. The zero-order valence-corrected chi connectivity index (χ0v) is 12.0. The zero-order chi connectivity index (χ0) is 14.0. The number of thioether (sulfide) groups is 1. The average Bonchev–Trinajstić information content (AvgIpc) is 2.33. The molecule has 0 bridgehead atoms. The highest BCUT2D eigenvalue weighted by Gasteiger charge is 2.12. The molecule has 0 saturated carbocycles. The van der Waals surface area contributed by atoms with Crippen LogP contribution < -0.4 is 5.32 Å². The molecule has 0 aliphatic heterocycles. The minimum Gasteiger partial charge on any atom is -0.466 e. The second kappa shape index (κ2) is 9.94. The number of ether oxygens (including phenoxy) is 1. The van der Waals surface area contributed by atoms with Gasteiger partial charge in [0, 0.05) is 18.2 Å². The molecule has 0 aromatic heterocycles. The molecular weight excluding hydrogens is 254 g/mol. The van der Waals surface area contributed by atoms with E-state index in [-0.39, 0.29) is 30.0 Å². The number of esters is 1. The second-order valence-electron chi connectivity index (χ2n) is 3.80. The van der Waals surface area contributed by atoms with E-state index in [4.69, 9.17) is 0 Å². The minimum absolute atomic E-state index is 0.00376. The lowest BCUT2D eigenvalue weighted by atomic mass is 10.1. The Bertz CT molecular complexity index is 294. The van der Waals surface area contributed by atoms with Crippen molar-refractivity contribution < 1.29 is 19.1 Å². The van der Waals surface area contributed by atoms with Gasteiger partial charge in [-0.05, 0) is 13.3 Å². The van der Waals surface area contributed by atoms with Crippen molar-refractivity contribution in [1.82, 2.24) is 5.32 Å². The van der Waals surface area contributed by atoms with E-state index in [1.807, 2.05) is 13.8 Å². The minimum atomic E-state index is -0.501. The molecule has 104 valence electrons. The Hall–Kier alpha value is -1.04. The Morgan fingerprint density at radius 1 is 1.28 bits per heavy atom. The first-order chi connectivity index (χ1) is 8.51. The smallest absolute Gasteiger partial charge is 0.314 e. The lowest BCUT2D eigenvalue weighted by Gasteiger charge is -2.09. The zero-order valence-electron chi connectivity index (χ0n) is 11.2. The summed E-state index contributed by atoms with van der Waals surface area (Å²) in [6.07, 6.45) is 0.582. The largest absolute Gasteiger partial charge is 0.466 e. The SMILES string of the molecule is CCOC(=O)CC(=O)SCCNC(=O)C(C)CC. The molecular formula is C12H21NO4S. The van der Waals surface area contributed by atoms with Crippen molar-refractivity contribution in [3.63, 3.8) is 0 Å². The number of hydrogen-bond donors (Lipinski definition) is 1. The maximum Gasteiger partial charge on any atom is 0.314 e. The lowest BCUT2D eigenvalue weighted by Crippen LogP contribution is -2.30. The van der Waals surface area contributed by atoms with Crippen LogP contribution in [0.1, 0.15) is 33.6 Å². The summed E-state index contributed by atoms with van der Waals surface area (Å²) in [5, 5.41) is 2.51. The van der Waals surface area contributed by atoms with Gasteiger partial charge in [0.15, 0.2) is 5.12 Å². The molecule has 1 unspecified atom stereocenters. The molecule has 1 atom stereocenters. The normalized spacial score (nSPS) is 11.7. The van der Waals surface area contributed by atoms with Crippen LogP contribution in [0.2, 0.25) is 0 Å². The summed E-state index contributed by atoms with van der Waals surface area (Å²) in [6, 6.07) is 0. The van der Waals surface area contributed by atoms with Crippen molar-refractivity contribution in [3.05, 3.63) is 0 Å². The van der Waals surface area contributed by atoms with Crippen molar-refractivity contribution in [2.45, 2.75) is 33.6 Å². The lowest BCUT2D eigenvalue weighted by molar-refractivity contribution is -0.144. The third kappa shape index (κ3) is 8.11. The number of hydrogen-bond acceptors (Lipinski definition) is 5. The topological polar surface area (TPSA) is 72.5 Å². The number of amides is 1. The van der Waals surface area contributed by atoms with Crippen LogP contribution in [-0.4, -0.2) is 35.9 Å². The first-order valence-corrected chi connectivity index (χ1v) is 7.08. The van der Waals surface area contributed by atoms with Crippen molar-refractivity contribution in [2.24, 2.45) is 5.92 Å². The molecule has 0 fully saturated rings. The summed E-state index contributed by atoms with van der Waals surface area (Å²) in [5.74, 6) is -0.0414. The van der Waals surface area contributed by atoms with E-state index in [0.29, 0.717) is 12.3 Å². The van der Waals surface area contributed by atoms with Crippen LogP contribution in [0.4, 0.5) is 0 Å². The van der Waals surface area contributed by atoms with Gasteiger partial charge in [0.05, 0.1) is 6.61 Å². The summed E-state index contributed by atoms with van der Waals surface area (Å²) in [5.41, 5.74) is 0. The van der Waals surface area contributed by atoms with Gasteiger partial charge in [-0.25, -0.2) is 0 Å². The van der Waals surface area contributed by atoms with Gasteiger partial charge in [-0.3, -0.25) is 14.4 Å². The van der Waals surface area contributed by atoms with Gasteiger partial charge in [0.1, 0.15) is 6.42 Å². The molecule has 0 aliphatic rings. The highest BCUT2D eigenvalue weighted by atomic mass is 32.2. The van der Waals surface area contributed by atoms with Crippen LogP contribution in [0, 0.1) is 5.92 Å². The Kier molecular flexibility index (Phi) is 9.36. The predicted octanol–water partition coefficient (Wildman–Crippen LogP) is 1.36. The molecule has 1 amide bonds. The third-order valence-corrected chi connectivity index (χ3v) is 3.19. The van der Waals surface area contributed by atoms with Crippen LogP contribution in [0.25, 0.3) is 0 Å². The molecule has 1 N–H and O–H groups in total. The molecule has 0 heterocycles. The maximum atomic E-state index is 11.4. The van der Waals surface area contributed by atoms with Gasteiger partial charge < -0.3 is 10.1 Å². The number of carbonyl (C=O) groups is 3. The first kappa shape index (κ1) is 17.0. The van der Waals surface area contributed by atoms with Gasteiger partial charge in [-0.2, -0.15) is 0 Å². The maximum absolute atomic E-state index is 11.4. The summed E-state index contributed by atoms with van der Waals surface area (Å²) < 4.78 is 4.66. The fourth-order valence-electron chi connectivity index (χ4n) is 1.08. The van der Waals surface area contributed by atoms with Gasteiger partial charge in [-0.15, -0.1) is 0 Å². The van der Waals surface area contributed by atoms with E-state index in [1.54, 1.807) is 6.92 Å². The van der Waals surface area contributed by atoms with Crippen molar-refractivity contribution in [2.75, 3.05) is 18.9 Å². The third-order valence-electron chi connectivity index (χ3n) is 2.32. The fourth-order valence-corrected chi connectivity index (χ4v) is 1.73. The van der Waals surface area contributed by atoms with Crippen molar-refractivity contribution >= 4 is 28.8 Å². The monoisotopic (exact) mass is 275 g/mol. The van der Waals surface area contributed by atoms with E-state index < -0.39 is 5.97 Å². The van der Waals surface area contributed by atoms with Crippen LogP contribution >= 0.6 is 11.8 Å². The summed E-state index contributed by atoms with van der Waals surface area (Å²) in [4.78, 5) is 33.7. The Morgan fingerprint density at radius 3 is 2.50 bits per heavy atom. The van der Waals surface area contributed by atoms with Crippen LogP contribution in [0.3, 0.4) is 0 Å². The molecule has 0 saturated heterocycles. The highest BCUT2D eigenvalue weighted by Crippen LogP contribution is 2.06. The Balaban J connectivity index is 3.63. The molecule has 0 radical (unpaired) electrons. The Labute approximate surface area is 112 Å². The molecule has 5 nitrogen and oxygen atoms in total. The molecule has 0 aromatic rings. The molecule has 18 heavy (non-hydrogen) atoms. The quantitative estimate of drug-likeness (QED) is 0.411. The van der Waals surface area contributed by atoms with Gasteiger partial charge in [0.2, 0.25) is 5.91 Å². The van der Waals surface area contributed by atoms with Crippen LogP contribution in [-0.2, 0) is 19.1 Å². The molecule has 0 aromatic carbocycles. The van der Waals surface area contributed by atoms with E-state index in [9.17, 15) is 14.4 Å². The van der Waals surface area contributed by atoms with Crippen molar-refractivity contribution in [3.8, 4) is 0 Å². The average molecular weight is 275 g/mol. The first-order valence-electron chi connectivity index (χ1n) is 6.10.